The minimum absolute atomic E-state index is 0.119. The fourth-order valence-corrected chi connectivity index (χ4v) is 4.91. The van der Waals surface area contributed by atoms with Gasteiger partial charge in [-0.15, -0.1) is 0 Å². The van der Waals surface area contributed by atoms with E-state index in [1.807, 2.05) is 35.9 Å². The van der Waals surface area contributed by atoms with Gasteiger partial charge in [-0.25, -0.2) is 0 Å². The molecule has 33 heavy (non-hydrogen) atoms. The van der Waals surface area contributed by atoms with Gasteiger partial charge in [0.15, 0.2) is 5.16 Å². The Labute approximate surface area is 198 Å². The number of rotatable bonds is 8. The van der Waals surface area contributed by atoms with Crippen LogP contribution in [-0.2, 0) is 17.6 Å². The van der Waals surface area contributed by atoms with Gasteiger partial charge < -0.3 is 14.6 Å². The Morgan fingerprint density at radius 3 is 2.67 bits per heavy atom. The molecule has 1 aliphatic heterocycles. The second-order valence-electron chi connectivity index (χ2n) is 8.34. The van der Waals surface area contributed by atoms with Gasteiger partial charge in [-0.05, 0) is 25.0 Å². The van der Waals surface area contributed by atoms with Gasteiger partial charge in [-0.1, -0.05) is 73.1 Å². The summed E-state index contributed by atoms with van der Waals surface area (Å²) in [4.78, 5) is 30.3. The molecule has 7 heteroatoms. The van der Waals surface area contributed by atoms with Gasteiger partial charge in [0.05, 0.1) is 12.2 Å². The number of nitrogens with zero attached hydrogens (tertiary/aromatic N) is 2. The summed E-state index contributed by atoms with van der Waals surface area (Å²) in [6.45, 7) is 4.77. The Hall–Kier alpha value is -3.06. The highest BCUT2D eigenvalue weighted by molar-refractivity contribution is 7.98. The first kappa shape index (κ1) is 23.1. The molecule has 1 amide bonds. The van der Waals surface area contributed by atoms with Crippen molar-refractivity contribution >= 4 is 23.5 Å². The number of nitrogens with one attached hydrogen (secondary N) is 1. The monoisotopic (exact) mass is 463 g/mol. The number of carbonyl (C=O) groups is 1. The van der Waals surface area contributed by atoms with E-state index >= 15 is 0 Å². The van der Waals surface area contributed by atoms with E-state index in [-0.39, 0.29) is 17.9 Å². The highest BCUT2D eigenvalue weighted by atomic mass is 32.2. The highest BCUT2D eigenvalue weighted by Crippen LogP contribution is 2.39. The first-order chi connectivity index (χ1) is 16.0. The Bertz CT molecular complexity index is 1200. The molecule has 0 fully saturated rings. The maximum atomic E-state index is 13.2. The smallest absolute Gasteiger partial charge is 0.279 e. The van der Waals surface area contributed by atoms with E-state index in [0.29, 0.717) is 28.9 Å². The van der Waals surface area contributed by atoms with E-state index in [9.17, 15) is 9.59 Å². The van der Waals surface area contributed by atoms with Crippen LogP contribution in [0.1, 0.15) is 54.4 Å². The molecule has 1 atom stereocenters. The van der Waals surface area contributed by atoms with Crippen LogP contribution in [0.5, 0.6) is 5.75 Å². The molecule has 2 aromatic carbocycles. The molecular weight excluding hydrogens is 434 g/mol. The molecule has 0 saturated heterocycles. The number of aryl methyl sites for hydroxylation is 1. The van der Waals surface area contributed by atoms with Crippen molar-refractivity contribution in [3.63, 3.8) is 0 Å². The first-order valence-corrected chi connectivity index (χ1v) is 12.3. The number of anilines is 1. The van der Waals surface area contributed by atoms with Crippen LogP contribution in [0.15, 0.2) is 58.5 Å². The lowest BCUT2D eigenvalue weighted by molar-refractivity contribution is -0.116. The summed E-state index contributed by atoms with van der Waals surface area (Å²) < 4.78 is 7.83. The largest absolute Gasteiger partial charge is 0.493 e. The molecule has 0 spiro atoms. The third-order valence-corrected chi connectivity index (χ3v) is 6.94. The number of carbonyl (C=O) groups excluding carboxylic acids is 1. The predicted octanol–water partition coefficient (Wildman–Crippen LogP) is 5.03. The predicted molar refractivity (Wildman–Crippen MR) is 132 cm³/mol. The maximum Gasteiger partial charge on any atom is 0.279 e. The molecule has 0 aliphatic carbocycles. The summed E-state index contributed by atoms with van der Waals surface area (Å²) in [6, 6.07) is 16.0. The van der Waals surface area contributed by atoms with E-state index < -0.39 is 5.92 Å². The van der Waals surface area contributed by atoms with Gasteiger partial charge in [0, 0.05) is 30.7 Å². The van der Waals surface area contributed by atoms with Crippen LogP contribution >= 0.6 is 11.8 Å². The number of hydrogen-bond donors (Lipinski definition) is 1. The summed E-state index contributed by atoms with van der Waals surface area (Å²) in [5.74, 6) is 1.41. The molecule has 0 saturated carbocycles. The molecule has 0 bridgehead atoms. The Morgan fingerprint density at radius 1 is 1.15 bits per heavy atom. The quantitative estimate of drug-likeness (QED) is 0.288. The van der Waals surface area contributed by atoms with Crippen molar-refractivity contribution in [2.45, 2.75) is 49.9 Å². The van der Waals surface area contributed by atoms with Crippen molar-refractivity contribution in [1.29, 1.82) is 0 Å². The van der Waals surface area contributed by atoms with Crippen molar-refractivity contribution in [3.05, 3.63) is 81.1 Å². The van der Waals surface area contributed by atoms with Gasteiger partial charge in [-0.3, -0.25) is 9.59 Å². The molecule has 0 unspecified atom stereocenters. The van der Waals surface area contributed by atoms with E-state index in [2.05, 4.69) is 48.4 Å². The van der Waals surface area contributed by atoms with E-state index in [1.54, 1.807) is 0 Å². The molecule has 1 N–H and O–H groups in total. The Kier molecular flexibility index (Phi) is 7.18. The molecule has 1 aromatic heterocycles. The number of benzene rings is 2. The summed E-state index contributed by atoms with van der Waals surface area (Å²) in [5, 5.41) is 3.49. The Morgan fingerprint density at radius 2 is 1.91 bits per heavy atom. The number of unbranched alkanes of at least 4 members (excludes halogenated alkanes) is 1. The molecule has 6 nitrogen and oxygen atoms in total. The summed E-state index contributed by atoms with van der Waals surface area (Å²) in [6.07, 6.45) is 2.17. The fraction of sp³-hybridized carbons (Fsp3) is 0.346. The summed E-state index contributed by atoms with van der Waals surface area (Å²) in [7, 11) is 1.84. The van der Waals surface area contributed by atoms with Crippen LogP contribution in [0.4, 0.5) is 5.82 Å². The lowest BCUT2D eigenvalue weighted by Gasteiger charge is -2.28. The first-order valence-electron chi connectivity index (χ1n) is 11.3. The number of fused-ring (bicyclic) bond motifs is 1. The fourth-order valence-electron chi connectivity index (χ4n) is 3.99. The van der Waals surface area contributed by atoms with Gasteiger partial charge in [0.25, 0.3) is 5.56 Å². The van der Waals surface area contributed by atoms with Crippen LogP contribution in [0.2, 0.25) is 0 Å². The zero-order chi connectivity index (χ0) is 23.4. The van der Waals surface area contributed by atoms with Crippen LogP contribution < -0.4 is 15.6 Å². The van der Waals surface area contributed by atoms with Crippen LogP contribution in [-0.4, -0.2) is 22.1 Å². The third kappa shape index (κ3) is 5.14. The minimum atomic E-state index is -0.395. The molecule has 4 rings (SSSR count). The van der Waals surface area contributed by atoms with E-state index in [4.69, 9.17) is 4.74 Å². The average Bonchev–Trinajstić information content (AvgIpc) is 2.81. The molecule has 1 aliphatic rings. The molecule has 3 aromatic rings. The van der Waals surface area contributed by atoms with Crippen molar-refractivity contribution in [3.8, 4) is 5.75 Å². The zero-order valence-corrected chi connectivity index (χ0v) is 20.1. The standard InChI is InChI=1S/C26H29N3O3S/c1-4-5-14-32-21-9-7-6-8-19(21)20-15-22(30)27-24-23(20)25(31)28-26(29(24)3)33-16-18-12-10-17(2)11-13-18/h6-13,20H,4-5,14-16H2,1-3H3,(H,27,30)/t20-/m0/s1. The van der Waals surface area contributed by atoms with Crippen LogP contribution in [0.3, 0.4) is 0 Å². The molecule has 2 heterocycles. The Balaban J connectivity index is 1.68. The molecule has 0 radical (unpaired) electrons. The SMILES string of the molecule is CCCCOc1ccccc1[C@@H]1CC(=O)Nc2c1c(=O)nc(SCc1ccc(C)cc1)n2C. The topological polar surface area (TPSA) is 73.2 Å². The van der Waals surface area contributed by atoms with Crippen LogP contribution in [0, 0.1) is 6.92 Å². The molecule has 172 valence electrons. The minimum Gasteiger partial charge on any atom is -0.493 e. The van der Waals surface area contributed by atoms with Crippen molar-refractivity contribution < 1.29 is 9.53 Å². The number of thioether (sulfide) groups is 1. The number of aromatic nitrogens is 2. The lowest BCUT2D eigenvalue weighted by atomic mass is 9.86. The number of para-hydroxylation sites is 1. The normalized spacial score (nSPS) is 15.1. The maximum absolute atomic E-state index is 13.2. The number of hydrogen-bond acceptors (Lipinski definition) is 5. The lowest BCUT2D eigenvalue weighted by Crippen LogP contribution is -2.33. The van der Waals surface area contributed by atoms with Gasteiger partial charge >= 0.3 is 0 Å². The molecular formula is C26H29N3O3S. The second kappa shape index (κ2) is 10.3. The summed E-state index contributed by atoms with van der Waals surface area (Å²) in [5.41, 5.74) is 3.42. The van der Waals surface area contributed by atoms with Crippen LogP contribution in [0.25, 0.3) is 0 Å². The van der Waals surface area contributed by atoms with Gasteiger partial charge in [0.1, 0.15) is 11.6 Å². The van der Waals surface area contributed by atoms with E-state index in [1.165, 1.54) is 17.3 Å². The highest BCUT2D eigenvalue weighted by Gasteiger charge is 2.33. The van der Waals surface area contributed by atoms with Crippen molar-refractivity contribution in [2.24, 2.45) is 7.05 Å². The summed E-state index contributed by atoms with van der Waals surface area (Å²) >= 11 is 1.48. The van der Waals surface area contributed by atoms with Crippen molar-refractivity contribution in [2.75, 3.05) is 11.9 Å². The average molecular weight is 464 g/mol. The van der Waals surface area contributed by atoms with Crippen molar-refractivity contribution in [1.82, 2.24) is 9.55 Å². The zero-order valence-electron chi connectivity index (χ0n) is 19.3. The third-order valence-electron chi connectivity index (χ3n) is 5.84. The van der Waals surface area contributed by atoms with E-state index in [0.717, 1.165) is 29.7 Å². The van der Waals surface area contributed by atoms with Gasteiger partial charge in [-0.2, -0.15) is 4.98 Å². The number of amides is 1. The van der Waals surface area contributed by atoms with Gasteiger partial charge in [0.2, 0.25) is 5.91 Å². The number of ether oxygens (including phenoxy) is 1. The second-order valence-corrected chi connectivity index (χ2v) is 9.28.